The van der Waals surface area contributed by atoms with Crippen molar-refractivity contribution in [1.82, 2.24) is 4.90 Å². The number of aliphatic carboxylic acids is 1. The highest BCUT2D eigenvalue weighted by Crippen LogP contribution is 2.11. The Balaban J connectivity index is 4.00. The molecule has 10 nitrogen and oxygen atoms in total. The van der Waals surface area contributed by atoms with Crippen LogP contribution < -0.4 is 0 Å². The van der Waals surface area contributed by atoms with Crippen LogP contribution in [-0.2, 0) is 29.2 Å². The van der Waals surface area contributed by atoms with E-state index < -0.39 is 33.7 Å². The average Bonchev–Trinajstić information content (AvgIpc) is 2.83. The summed E-state index contributed by atoms with van der Waals surface area (Å²) in [5.41, 5.74) is 0. The molecule has 0 bridgehead atoms. The Bertz CT molecular complexity index is 768. The van der Waals surface area contributed by atoms with E-state index in [1.807, 2.05) is 0 Å². The smallest absolute Gasteiger partial charge is 0.325 e. The first-order valence-electron chi connectivity index (χ1n) is 13.5. The van der Waals surface area contributed by atoms with Gasteiger partial charge in [0.05, 0.1) is 19.6 Å². The van der Waals surface area contributed by atoms with Crippen molar-refractivity contribution >= 4 is 28.0 Å². The topological polar surface area (TPSA) is 159 Å². The number of esters is 1. The van der Waals surface area contributed by atoms with Crippen LogP contribution in [0, 0.1) is 0 Å². The molecule has 0 spiro atoms. The minimum absolute atomic E-state index is 0.0141. The second kappa shape index (κ2) is 22.0. The monoisotopic (exact) mass is 549 g/mol. The molecule has 0 aliphatic rings. The quantitative estimate of drug-likeness (QED) is 0.0697. The van der Waals surface area contributed by atoms with Gasteiger partial charge in [0.1, 0.15) is 6.61 Å². The number of ether oxygens (including phenoxy) is 1. The van der Waals surface area contributed by atoms with Gasteiger partial charge in [-0.3, -0.25) is 18.9 Å². The van der Waals surface area contributed by atoms with Crippen molar-refractivity contribution in [2.24, 2.45) is 0 Å². The molecule has 3 N–H and O–H groups in total. The number of hydrogen-bond acceptors (Lipinski definition) is 7. The van der Waals surface area contributed by atoms with Crippen LogP contribution in [0.15, 0.2) is 12.2 Å². The predicted octanol–water partition coefficient (Wildman–Crippen LogP) is 4.12. The van der Waals surface area contributed by atoms with Crippen LogP contribution in [0.5, 0.6) is 0 Å². The van der Waals surface area contributed by atoms with E-state index >= 15 is 0 Å². The van der Waals surface area contributed by atoms with E-state index in [-0.39, 0.29) is 32.2 Å². The van der Waals surface area contributed by atoms with Gasteiger partial charge in [-0.2, -0.15) is 8.42 Å². The van der Waals surface area contributed by atoms with E-state index in [9.17, 15) is 27.9 Å². The van der Waals surface area contributed by atoms with Crippen LogP contribution in [0.1, 0.15) is 103 Å². The predicted molar refractivity (Wildman–Crippen MR) is 142 cm³/mol. The fraction of sp³-hybridized carbons (Fsp3) is 0.808. The van der Waals surface area contributed by atoms with Crippen LogP contribution in [0.2, 0.25) is 0 Å². The summed E-state index contributed by atoms with van der Waals surface area (Å²) in [6.45, 7) is 1.72. The van der Waals surface area contributed by atoms with Crippen molar-refractivity contribution in [3.05, 3.63) is 12.2 Å². The molecule has 1 unspecified atom stereocenters. The summed E-state index contributed by atoms with van der Waals surface area (Å²) in [7, 11) is -4.95. The van der Waals surface area contributed by atoms with Crippen molar-refractivity contribution in [2.75, 3.05) is 26.3 Å². The van der Waals surface area contributed by atoms with Crippen LogP contribution in [0.4, 0.5) is 0 Å². The highest BCUT2D eigenvalue weighted by atomic mass is 32.2. The second-order valence-electron chi connectivity index (χ2n) is 9.21. The molecule has 0 aliphatic carbocycles. The number of carbonyl (C=O) groups excluding carboxylic acids is 2. The first-order valence-corrected chi connectivity index (χ1v) is 15.0. The van der Waals surface area contributed by atoms with Gasteiger partial charge in [0.25, 0.3) is 10.1 Å². The number of amides is 1. The third kappa shape index (κ3) is 19.8. The van der Waals surface area contributed by atoms with Gasteiger partial charge < -0.3 is 19.8 Å². The molecule has 0 fully saturated rings. The first kappa shape index (κ1) is 35.0. The summed E-state index contributed by atoms with van der Waals surface area (Å²) in [6, 6.07) is 0. The van der Waals surface area contributed by atoms with E-state index in [4.69, 9.17) is 14.4 Å². The first-order chi connectivity index (χ1) is 17.6. The van der Waals surface area contributed by atoms with Crippen LogP contribution >= 0.6 is 0 Å². The second-order valence-corrected chi connectivity index (χ2v) is 10.8. The highest BCUT2D eigenvalue weighted by Gasteiger charge is 2.34. The molecule has 216 valence electrons. The Hall–Kier alpha value is -1.98. The Morgan fingerprint density at radius 3 is 1.92 bits per heavy atom. The van der Waals surface area contributed by atoms with Gasteiger partial charge in [-0.05, 0) is 32.1 Å². The van der Waals surface area contributed by atoms with Crippen molar-refractivity contribution in [1.29, 1.82) is 0 Å². The maximum absolute atomic E-state index is 12.4. The molecule has 1 amide bonds. The summed E-state index contributed by atoms with van der Waals surface area (Å²) in [5.74, 6) is -3.18. The fourth-order valence-corrected chi connectivity index (χ4v) is 4.39. The molecule has 1 atom stereocenters. The van der Waals surface area contributed by atoms with Crippen LogP contribution in [0.25, 0.3) is 0 Å². The molecule has 11 heteroatoms. The minimum Gasteiger partial charge on any atom is -0.480 e. The van der Waals surface area contributed by atoms with Crippen molar-refractivity contribution < 1.29 is 42.3 Å². The van der Waals surface area contributed by atoms with Gasteiger partial charge in [0.15, 0.2) is 5.25 Å². The van der Waals surface area contributed by atoms with Gasteiger partial charge in [-0.25, -0.2) is 0 Å². The molecule has 0 radical (unpaired) electrons. The van der Waals surface area contributed by atoms with Gasteiger partial charge in [-0.1, -0.05) is 70.4 Å². The number of unbranched alkanes of at least 4 members (excludes halogenated alkanes) is 11. The molecule has 0 aliphatic heterocycles. The molecule has 0 heterocycles. The number of aliphatic hydroxyl groups is 1. The Labute approximate surface area is 222 Å². The molecule has 0 aromatic heterocycles. The molecular weight excluding hydrogens is 502 g/mol. The average molecular weight is 550 g/mol. The third-order valence-corrected chi connectivity index (χ3v) is 7.07. The highest BCUT2D eigenvalue weighted by molar-refractivity contribution is 7.87. The molecule has 0 rings (SSSR count). The molecular formula is C26H47NO9S. The van der Waals surface area contributed by atoms with Crippen LogP contribution in [0.3, 0.4) is 0 Å². The number of aliphatic hydroxyl groups excluding tert-OH is 1. The number of nitrogens with zero attached hydrogens (tertiary/aromatic N) is 1. The lowest BCUT2D eigenvalue weighted by atomic mass is 10.1. The zero-order valence-corrected chi connectivity index (χ0v) is 23.1. The SMILES string of the molecule is CCCCCCCC/C=C/CCCCCCCC(=O)N(CCO)CCOC(=O)CC(C(=O)O)S(=O)(=O)O. The maximum atomic E-state index is 12.4. The molecule has 0 aromatic rings. The number of carbonyl (C=O) groups is 3. The lowest BCUT2D eigenvalue weighted by Crippen LogP contribution is -2.37. The molecule has 0 aromatic carbocycles. The number of carboxylic acids is 1. The summed E-state index contributed by atoms with van der Waals surface area (Å²) in [4.78, 5) is 36.4. The number of rotatable bonds is 24. The van der Waals surface area contributed by atoms with E-state index in [1.165, 1.54) is 43.4 Å². The Morgan fingerprint density at radius 2 is 1.41 bits per heavy atom. The van der Waals surface area contributed by atoms with Crippen molar-refractivity contribution in [2.45, 2.75) is 108 Å². The summed E-state index contributed by atoms with van der Waals surface area (Å²) < 4.78 is 35.8. The standard InChI is InChI=1S/C26H47NO9S/c1-2-3-4-5-6-7-8-9-10-11-12-13-14-15-16-17-24(29)27(18-20-28)19-21-36-25(30)22-23(26(31)32)37(33,34)35/h9-10,23,28H,2-8,11-22H2,1H3,(H,31,32)(H,33,34,35)/b10-9+. The zero-order chi connectivity index (χ0) is 27.9. The number of allylic oxidation sites excluding steroid dienone is 2. The molecule has 0 saturated heterocycles. The van der Waals surface area contributed by atoms with Gasteiger partial charge in [-0.15, -0.1) is 0 Å². The van der Waals surface area contributed by atoms with E-state index in [0.717, 1.165) is 38.5 Å². The van der Waals surface area contributed by atoms with Crippen molar-refractivity contribution in [3.8, 4) is 0 Å². The Morgan fingerprint density at radius 1 is 0.865 bits per heavy atom. The largest absolute Gasteiger partial charge is 0.480 e. The maximum Gasteiger partial charge on any atom is 0.325 e. The molecule has 0 saturated carbocycles. The van der Waals surface area contributed by atoms with E-state index in [2.05, 4.69) is 19.1 Å². The van der Waals surface area contributed by atoms with Crippen LogP contribution in [-0.4, -0.2) is 77.5 Å². The molecule has 37 heavy (non-hydrogen) atoms. The van der Waals surface area contributed by atoms with E-state index in [1.54, 1.807) is 0 Å². The number of hydrogen-bond donors (Lipinski definition) is 3. The minimum atomic E-state index is -4.95. The van der Waals surface area contributed by atoms with Gasteiger partial charge >= 0.3 is 11.9 Å². The number of carboxylic acid groups (broad SMARTS) is 1. The lowest BCUT2D eigenvalue weighted by Gasteiger charge is -2.21. The van der Waals surface area contributed by atoms with Crippen molar-refractivity contribution in [3.63, 3.8) is 0 Å². The Kier molecular flexibility index (Phi) is 20.9. The third-order valence-electron chi connectivity index (χ3n) is 5.99. The van der Waals surface area contributed by atoms with Gasteiger partial charge in [0, 0.05) is 13.0 Å². The van der Waals surface area contributed by atoms with Gasteiger partial charge in [0.2, 0.25) is 5.91 Å². The lowest BCUT2D eigenvalue weighted by molar-refractivity contribution is -0.148. The zero-order valence-electron chi connectivity index (χ0n) is 22.3. The summed E-state index contributed by atoms with van der Waals surface area (Å²) in [6.07, 6.45) is 18.8. The normalized spacial score (nSPS) is 12.5. The fourth-order valence-electron chi connectivity index (χ4n) is 3.79. The summed E-state index contributed by atoms with van der Waals surface area (Å²) >= 11 is 0. The van der Waals surface area contributed by atoms with E-state index in [0.29, 0.717) is 12.8 Å². The summed E-state index contributed by atoms with van der Waals surface area (Å²) in [5, 5.41) is 15.7.